The van der Waals surface area contributed by atoms with E-state index >= 15 is 0 Å². The maximum absolute atomic E-state index is 12.4. The molecule has 4 nitrogen and oxygen atoms in total. The zero-order chi connectivity index (χ0) is 16.0. The summed E-state index contributed by atoms with van der Waals surface area (Å²) in [6.45, 7) is 0. The fourth-order valence-electron chi connectivity index (χ4n) is 2.07. The first-order valence-electron chi connectivity index (χ1n) is 6.81. The summed E-state index contributed by atoms with van der Waals surface area (Å²) in [6, 6.07) is 16.1. The van der Waals surface area contributed by atoms with Crippen molar-refractivity contribution in [2.75, 3.05) is 11.5 Å². The largest absolute Gasteiger partial charge is 0.497 e. The number of alkyl halides is 1. The van der Waals surface area contributed by atoms with Crippen molar-refractivity contribution < 1.29 is 13.2 Å². The fraction of sp³-hybridized carbons (Fsp3) is 0.250. The van der Waals surface area contributed by atoms with E-state index < -0.39 is 10.0 Å². The number of hydrogen-bond acceptors (Lipinski definition) is 3. The molecule has 0 amide bonds. The van der Waals surface area contributed by atoms with E-state index in [-0.39, 0.29) is 10.9 Å². The van der Waals surface area contributed by atoms with Crippen LogP contribution >= 0.6 is 22.6 Å². The van der Waals surface area contributed by atoms with Gasteiger partial charge in [0.15, 0.2) is 0 Å². The highest BCUT2D eigenvalue weighted by molar-refractivity contribution is 14.1. The highest BCUT2D eigenvalue weighted by Crippen LogP contribution is 2.16. The topological polar surface area (TPSA) is 55.4 Å². The van der Waals surface area contributed by atoms with Gasteiger partial charge in [-0.2, -0.15) is 0 Å². The second-order valence-electron chi connectivity index (χ2n) is 4.84. The molecule has 0 bridgehead atoms. The molecule has 22 heavy (non-hydrogen) atoms. The van der Waals surface area contributed by atoms with Crippen molar-refractivity contribution in [1.29, 1.82) is 0 Å². The summed E-state index contributed by atoms with van der Waals surface area (Å²) in [6.07, 6.45) is 0.666. The van der Waals surface area contributed by atoms with Crippen LogP contribution in [-0.4, -0.2) is 26.0 Å². The van der Waals surface area contributed by atoms with Crippen LogP contribution < -0.4 is 9.46 Å². The second kappa shape index (κ2) is 7.94. The average Bonchev–Trinajstić information content (AvgIpc) is 2.55. The van der Waals surface area contributed by atoms with Crippen molar-refractivity contribution >= 4 is 32.6 Å². The minimum absolute atomic E-state index is 0.143. The van der Waals surface area contributed by atoms with Crippen LogP contribution in [0.5, 0.6) is 5.75 Å². The van der Waals surface area contributed by atoms with Crippen LogP contribution in [0.25, 0.3) is 0 Å². The molecule has 1 atom stereocenters. The molecule has 0 radical (unpaired) electrons. The second-order valence-corrected chi connectivity index (χ2v) is 7.43. The van der Waals surface area contributed by atoms with Crippen LogP contribution in [0, 0.1) is 0 Å². The van der Waals surface area contributed by atoms with Crippen molar-refractivity contribution in [2.45, 2.75) is 17.4 Å². The Morgan fingerprint density at radius 1 is 1.09 bits per heavy atom. The van der Waals surface area contributed by atoms with Gasteiger partial charge in [0.2, 0.25) is 10.0 Å². The van der Waals surface area contributed by atoms with Crippen molar-refractivity contribution in [1.82, 2.24) is 4.72 Å². The Morgan fingerprint density at radius 3 is 2.27 bits per heavy atom. The van der Waals surface area contributed by atoms with Crippen LogP contribution in [0.4, 0.5) is 0 Å². The predicted molar refractivity (Wildman–Crippen MR) is 96.1 cm³/mol. The van der Waals surface area contributed by atoms with Gasteiger partial charge < -0.3 is 4.74 Å². The smallest absolute Gasteiger partial charge is 0.240 e. The highest BCUT2D eigenvalue weighted by atomic mass is 127. The molecule has 0 saturated heterocycles. The van der Waals surface area contributed by atoms with Crippen LogP contribution in [0.3, 0.4) is 0 Å². The summed E-state index contributed by atoms with van der Waals surface area (Å²) in [5.41, 5.74) is 1.11. The summed E-state index contributed by atoms with van der Waals surface area (Å²) in [7, 11) is -1.98. The van der Waals surface area contributed by atoms with E-state index in [0.717, 1.165) is 5.56 Å². The number of halogens is 1. The van der Waals surface area contributed by atoms with Crippen LogP contribution in [0.1, 0.15) is 5.56 Å². The number of methoxy groups -OCH3 is 1. The molecule has 2 aromatic rings. The first kappa shape index (κ1) is 17.2. The lowest BCUT2D eigenvalue weighted by Gasteiger charge is -2.16. The molecule has 2 aromatic carbocycles. The first-order chi connectivity index (χ1) is 10.5. The number of ether oxygens (including phenoxy) is 1. The Kier molecular flexibility index (Phi) is 6.22. The summed E-state index contributed by atoms with van der Waals surface area (Å²) in [5, 5.41) is 0. The summed E-state index contributed by atoms with van der Waals surface area (Å²) >= 11 is 2.20. The molecule has 118 valence electrons. The maximum atomic E-state index is 12.4. The molecule has 0 saturated carbocycles. The lowest BCUT2D eigenvalue weighted by Crippen LogP contribution is -2.37. The molecule has 0 spiro atoms. The van der Waals surface area contributed by atoms with Crippen LogP contribution in [0.15, 0.2) is 59.5 Å². The van der Waals surface area contributed by atoms with Gasteiger partial charge in [0.05, 0.1) is 12.0 Å². The zero-order valence-electron chi connectivity index (χ0n) is 12.2. The molecule has 0 heterocycles. The van der Waals surface area contributed by atoms with Crippen LogP contribution in [-0.2, 0) is 16.4 Å². The highest BCUT2D eigenvalue weighted by Gasteiger charge is 2.19. The molecule has 0 aliphatic heterocycles. The number of sulfonamides is 1. The van der Waals surface area contributed by atoms with Gasteiger partial charge in [0.1, 0.15) is 5.75 Å². The van der Waals surface area contributed by atoms with Gasteiger partial charge in [0, 0.05) is 10.5 Å². The lowest BCUT2D eigenvalue weighted by atomic mass is 10.1. The van der Waals surface area contributed by atoms with Crippen molar-refractivity contribution in [3.05, 3.63) is 60.2 Å². The normalized spacial score (nSPS) is 12.8. The summed E-state index contributed by atoms with van der Waals surface area (Å²) in [4.78, 5) is 0.246. The van der Waals surface area contributed by atoms with Gasteiger partial charge in [-0.15, -0.1) is 0 Å². The molecule has 1 N–H and O–H groups in total. The molecule has 0 aliphatic carbocycles. The molecule has 2 rings (SSSR count). The average molecular weight is 431 g/mol. The maximum Gasteiger partial charge on any atom is 0.240 e. The molecule has 6 heteroatoms. The Morgan fingerprint density at radius 2 is 1.73 bits per heavy atom. The van der Waals surface area contributed by atoms with Gasteiger partial charge in [-0.25, -0.2) is 13.1 Å². The van der Waals surface area contributed by atoms with Crippen LogP contribution in [0.2, 0.25) is 0 Å². The fourth-order valence-corrected chi connectivity index (χ4v) is 4.14. The number of hydrogen-bond donors (Lipinski definition) is 1. The monoisotopic (exact) mass is 431 g/mol. The SMILES string of the molecule is COc1ccc(S(=O)(=O)NC(CI)Cc2ccccc2)cc1. The molecule has 0 aliphatic rings. The van der Waals surface area contributed by atoms with Gasteiger partial charge in [-0.1, -0.05) is 52.9 Å². The number of benzene rings is 2. The van der Waals surface area contributed by atoms with Crippen molar-refractivity contribution in [2.24, 2.45) is 0 Å². The molecular weight excluding hydrogens is 413 g/mol. The van der Waals surface area contributed by atoms with E-state index in [0.29, 0.717) is 16.6 Å². The zero-order valence-corrected chi connectivity index (χ0v) is 15.2. The summed E-state index contributed by atoms with van der Waals surface area (Å²) < 4.78 is 33.4. The Bertz CT molecular complexity index is 687. The van der Waals surface area contributed by atoms with E-state index in [4.69, 9.17) is 4.74 Å². The van der Waals surface area contributed by atoms with Gasteiger partial charge >= 0.3 is 0 Å². The third kappa shape index (κ3) is 4.69. The molecule has 1 unspecified atom stereocenters. The Balaban J connectivity index is 2.11. The van der Waals surface area contributed by atoms with Crippen molar-refractivity contribution in [3.8, 4) is 5.75 Å². The third-order valence-electron chi connectivity index (χ3n) is 3.20. The quantitative estimate of drug-likeness (QED) is 0.542. The molecular formula is C16H18INO3S. The van der Waals surface area contributed by atoms with Gasteiger partial charge in [0.25, 0.3) is 0 Å². The van der Waals surface area contributed by atoms with Gasteiger partial charge in [-0.3, -0.25) is 0 Å². The lowest BCUT2D eigenvalue weighted by molar-refractivity contribution is 0.414. The van der Waals surface area contributed by atoms with E-state index in [9.17, 15) is 8.42 Å². The Hall–Kier alpha value is -1.12. The predicted octanol–water partition coefficient (Wildman–Crippen LogP) is 3.02. The Labute approximate surface area is 145 Å². The third-order valence-corrected chi connectivity index (χ3v) is 5.80. The van der Waals surface area contributed by atoms with E-state index in [2.05, 4.69) is 27.3 Å². The standard InChI is InChI=1S/C16H18INO3S/c1-21-15-7-9-16(10-8-15)22(19,20)18-14(12-17)11-13-5-3-2-4-6-13/h2-10,14,18H,11-12H2,1H3. The van der Waals surface area contributed by atoms with E-state index in [1.54, 1.807) is 31.4 Å². The molecule has 0 fully saturated rings. The first-order valence-corrected chi connectivity index (χ1v) is 9.82. The minimum Gasteiger partial charge on any atom is -0.497 e. The van der Waals surface area contributed by atoms with E-state index in [1.807, 2.05) is 30.3 Å². The summed E-state index contributed by atoms with van der Waals surface area (Å²) in [5.74, 6) is 0.633. The van der Waals surface area contributed by atoms with Gasteiger partial charge in [-0.05, 0) is 36.2 Å². The van der Waals surface area contributed by atoms with E-state index in [1.165, 1.54) is 0 Å². The van der Waals surface area contributed by atoms with Crippen molar-refractivity contribution in [3.63, 3.8) is 0 Å². The number of rotatable bonds is 7. The molecule has 0 aromatic heterocycles. The number of nitrogens with one attached hydrogen (secondary N) is 1. The minimum atomic E-state index is -3.53.